The van der Waals surface area contributed by atoms with E-state index >= 15 is 0 Å². The largest absolute Gasteiger partial charge is 0.301 e. The summed E-state index contributed by atoms with van der Waals surface area (Å²) in [6, 6.07) is 3.75. The number of thiazole rings is 1. The van der Waals surface area contributed by atoms with Gasteiger partial charge in [-0.15, -0.1) is 0 Å². The number of carbonyl (C=O) groups excluding carboxylic acids is 1. The highest BCUT2D eigenvalue weighted by atomic mass is 35.5. The molecule has 2 heterocycles. The van der Waals surface area contributed by atoms with Gasteiger partial charge < -0.3 is 4.90 Å². The van der Waals surface area contributed by atoms with Crippen LogP contribution in [0.4, 0.5) is 5.00 Å². The minimum absolute atomic E-state index is 0.0108. The smallest absolute Gasteiger partial charge is 0.231 e. The Morgan fingerprint density at radius 2 is 2.15 bits per heavy atom. The first kappa shape index (κ1) is 19.6. The van der Waals surface area contributed by atoms with E-state index in [0.29, 0.717) is 16.7 Å². The molecule has 8 heteroatoms. The lowest BCUT2D eigenvalue weighted by Crippen LogP contribution is -2.33. The zero-order valence-electron chi connectivity index (χ0n) is 14.5. The number of pyridine rings is 1. The molecule has 2 atom stereocenters. The molecule has 138 valence electrons. The van der Waals surface area contributed by atoms with Gasteiger partial charge >= 0.3 is 0 Å². The van der Waals surface area contributed by atoms with Crippen molar-refractivity contribution in [2.75, 3.05) is 11.4 Å². The van der Waals surface area contributed by atoms with Crippen LogP contribution in [0.2, 0.25) is 5.15 Å². The normalized spacial score (nSPS) is 20.5. The summed E-state index contributed by atoms with van der Waals surface area (Å²) in [6.45, 7) is 6.50. The van der Waals surface area contributed by atoms with E-state index in [1.54, 1.807) is 23.4 Å². The van der Waals surface area contributed by atoms with Crippen LogP contribution in [0.3, 0.4) is 0 Å². The molecule has 1 fully saturated rings. The number of nitrogens with zero attached hydrogens (tertiary/aromatic N) is 3. The number of amides is 1. The number of aromatic nitrogens is 2. The molecular formula is C18H18Cl3N3OS. The molecule has 2 unspecified atom stereocenters. The maximum absolute atomic E-state index is 13.2. The molecule has 0 spiro atoms. The first-order valence-electron chi connectivity index (χ1n) is 8.18. The van der Waals surface area contributed by atoms with Crippen molar-refractivity contribution in [3.63, 3.8) is 0 Å². The zero-order chi connectivity index (χ0) is 19.1. The second-order valence-electron chi connectivity index (χ2n) is 6.72. The second kappa shape index (κ2) is 7.47. The predicted molar refractivity (Wildman–Crippen MR) is 109 cm³/mol. The topological polar surface area (TPSA) is 46.1 Å². The van der Waals surface area contributed by atoms with Crippen LogP contribution in [0.5, 0.6) is 0 Å². The minimum Gasteiger partial charge on any atom is -0.301 e. The highest BCUT2D eigenvalue weighted by Crippen LogP contribution is 2.60. The third-order valence-electron chi connectivity index (χ3n) is 4.79. The SMILES string of the molecule is CCN(C(=O)C1C(C=C(Cl)Cl)C1(C)C)c1sc(-c2cccnc2)nc1Cl. The average Bonchev–Trinajstić information content (AvgIpc) is 2.92. The number of hydrogen-bond donors (Lipinski definition) is 0. The Morgan fingerprint density at radius 1 is 1.42 bits per heavy atom. The molecule has 4 nitrogen and oxygen atoms in total. The third-order valence-corrected chi connectivity index (χ3v) is 6.54. The molecule has 1 aliphatic carbocycles. The van der Waals surface area contributed by atoms with Crippen LogP contribution in [0.15, 0.2) is 35.1 Å². The summed E-state index contributed by atoms with van der Waals surface area (Å²) >= 11 is 19.4. The van der Waals surface area contributed by atoms with Gasteiger partial charge in [-0.25, -0.2) is 4.98 Å². The van der Waals surface area contributed by atoms with Crippen molar-refractivity contribution in [3.05, 3.63) is 40.2 Å². The van der Waals surface area contributed by atoms with E-state index in [9.17, 15) is 4.79 Å². The van der Waals surface area contributed by atoms with Crippen molar-refractivity contribution >= 4 is 57.0 Å². The molecule has 0 radical (unpaired) electrons. The van der Waals surface area contributed by atoms with Crippen LogP contribution in [0.25, 0.3) is 10.6 Å². The molecule has 0 saturated heterocycles. The molecule has 26 heavy (non-hydrogen) atoms. The second-order valence-corrected chi connectivity index (χ2v) is 9.06. The monoisotopic (exact) mass is 429 g/mol. The highest BCUT2D eigenvalue weighted by Gasteiger charge is 2.61. The summed E-state index contributed by atoms with van der Waals surface area (Å²) in [5, 5.41) is 1.71. The van der Waals surface area contributed by atoms with Gasteiger partial charge in [-0.3, -0.25) is 9.78 Å². The van der Waals surface area contributed by atoms with Crippen LogP contribution in [-0.4, -0.2) is 22.4 Å². The quantitative estimate of drug-likeness (QED) is 0.602. The number of halogens is 3. The standard InChI is InChI=1S/C18H18Cl3N3OS/c1-4-24(16(25)13-11(8-12(19)20)18(13,2)3)17-14(21)23-15(26-17)10-6-5-7-22-9-10/h5-9,11,13H,4H2,1-3H3. The molecule has 0 bridgehead atoms. The van der Waals surface area contributed by atoms with Gasteiger partial charge in [0.25, 0.3) is 0 Å². The van der Waals surface area contributed by atoms with Gasteiger partial charge in [-0.05, 0) is 36.5 Å². The first-order valence-corrected chi connectivity index (χ1v) is 10.1. The number of carbonyl (C=O) groups is 1. The Bertz CT molecular complexity index is 847. The van der Waals surface area contributed by atoms with Crippen molar-refractivity contribution in [1.29, 1.82) is 0 Å². The summed E-state index contributed by atoms with van der Waals surface area (Å²) in [5.74, 6) is -0.162. The molecular weight excluding hydrogens is 413 g/mol. The van der Waals surface area contributed by atoms with E-state index in [0.717, 1.165) is 10.6 Å². The number of rotatable bonds is 5. The molecule has 3 rings (SSSR count). The van der Waals surface area contributed by atoms with Gasteiger partial charge in [-0.1, -0.05) is 60.0 Å². The van der Waals surface area contributed by atoms with Crippen LogP contribution < -0.4 is 4.90 Å². The Hall–Kier alpha value is -1.14. The first-order chi connectivity index (χ1) is 12.3. The minimum atomic E-state index is -0.192. The predicted octanol–water partition coefficient (Wildman–Crippen LogP) is 5.80. The van der Waals surface area contributed by atoms with E-state index in [1.807, 2.05) is 32.9 Å². The number of allylic oxidation sites excluding steroid dienone is 1. The summed E-state index contributed by atoms with van der Waals surface area (Å²) in [5.41, 5.74) is 0.679. The molecule has 1 amide bonds. The lowest BCUT2D eigenvalue weighted by atomic mass is 10.1. The Balaban J connectivity index is 1.89. The summed E-state index contributed by atoms with van der Waals surface area (Å²) < 4.78 is 0.191. The average molecular weight is 431 g/mol. The Kier molecular flexibility index (Phi) is 5.63. The molecule has 2 aromatic rings. The van der Waals surface area contributed by atoms with Crippen molar-refractivity contribution in [2.24, 2.45) is 17.3 Å². The fraction of sp³-hybridized carbons (Fsp3) is 0.389. The van der Waals surface area contributed by atoms with Gasteiger partial charge in [0.05, 0.1) is 5.92 Å². The van der Waals surface area contributed by atoms with Gasteiger partial charge in [0.2, 0.25) is 5.91 Å². The van der Waals surface area contributed by atoms with Crippen LogP contribution in [0.1, 0.15) is 20.8 Å². The molecule has 0 N–H and O–H groups in total. The van der Waals surface area contributed by atoms with E-state index in [4.69, 9.17) is 34.8 Å². The molecule has 1 aliphatic rings. The number of anilines is 1. The summed E-state index contributed by atoms with van der Waals surface area (Å²) in [6.07, 6.45) is 5.17. The lowest BCUT2D eigenvalue weighted by Gasteiger charge is -2.20. The third kappa shape index (κ3) is 3.63. The van der Waals surface area contributed by atoms with E-state index < -0.39 is 0 Å². The number of hydrogen-bond acceptors (Lipinski definition) is 4. The fourth-order valence-corrected chi connectivity index (χ4v) is 4.88. The summed E-state index contributed by atoms with van der Waals surface area (Å²) in [4.78, 5) is 23.4. The van der Waals surface area contributed by atoms with E-state index in [1.165, 1.54) is 11.3 Å². The Labute approximate surface area is 171 Å². The zero-order valence-corrected chi connectivity index (χ0v) is 17.6. The van der Waals surface area contributed by atoms with Gasteiger partial charge in [-0.2, -0.15) is 0 Å². The maximum atomic E-state index is 13.2. The van der Waals surface area contributed by atoms with Gasteiger partial charge in [0.15, 0.2) is 5.15 Å². The van der Waals surface area contributed by atoms with Crippen LogP contribution in [-0.2, 0) is 4.79 Å². The Morgan fingerprint density at radius 3 is 2.73 bits per heavy atom. The maximum Gasteiger partial charge on any atom is 0.231 e. The lowest BCUT2D eigenvalue weighted by molar-refractivity contribution is -0.120. The van der Waals surface area contributed by atoms with Crippen molar-refractivity contribution in [1.82, 2.24) is 9.97 Å². The van der Waals surface area contributed by atoms with Crippen molar-refractivity contribution in [3.8, 4) is 10.6 Å². The highest BCUT2D eigenvalue weighted by molar-refractivity contribution is 7.19. The van der Waals surface area contributed by atoms with Gasteiger partial charge in [0, 0.05) is 24.5 Å². The van der Waals surface area contributed by atoms with E-state index in [2.05, 4.69) is 9.97 Å². The fourth-order valence-electron chi connectivity index (χ4n) is 3.24. The summed E-state index contributed by atoms with van der Waals surface area (Å²) in [7, 11) is 0. The molecule has 1 saturated carbocycles. The van der Waals surface area contributed by atoms with Crippen LogP contribution >= 0.6 is 46.1 Å². The molecule has 0 aromatic carbocycles. The van der Waals surface area contributed by atoms with Crippen LogP contribution in [0, 0.1) is 17.3 Å². The van der Waals surface area contributed by atoms with E-state index in [-0.39, 0.29) is 27.6 Å². The van der Waals surface area contributed by atoms with Crippen molar-refractivity contribution < 1.29 is 4.79 Å². The van der Waals surface area contributed by atoms with Crippen molar-refractivity contribution in [2.45, 2.75) is 20.8 Å². The molecule has 0 aliphatic heterocycles. The van der Waals surface area contributed by atoms with Gasteiger partial charge in [0.1, 0.15) is 14.5 Å². The molecule has 2 aromatic heterocycles.